The molecule has 0 atom stereocenters. The number of hydrogen-bond donors (Lipinski definition) is 1. The molecule has 6 heteroatoms. The lowest BCUT2D eigenvalue weighted by Crippen LogP contribution is -2.29. The molecular formula is C11H14N4OS. The van der Waals surface area contributed by atoms with Gasteiger partial charge >= 0.3 is 0 Å². The minimum Gasteiger partial charge on any atom is -0.341 e. The fraction of sp³-hybridized carbons (Fsp3) is 0.364. The van der Waals surface area contributed by atoms with Gasteiger partial charge in [0.2, 0.25) is 0 Å². The molecule has 17 heavy (non-hydrogen) atoms. The lowest BCUT2D eigenvalue weighted by molar-refractivity contribution is 0.0786. The number of hydrogen-bond acceptors (Lipinski definition) is 4. The minimum atomic E-state index is -0.0860. The van der Waals surface area contributed by atoms with Crippen LogP contribution in [0, 0.1) is 6.92 Å². The Morgan fingerprint density at radius 1 is 1.53 bits per heavy atom. The highest BCUT2D eigenvalue weighted by Crippen LogP contribution is 2.13. The molecule has 5 nitrogen and oxygen atoms in total. The maximum Gasteiger partial charge on any atom is 0.289 e. The Hall–Kier alpha value is -1.69. The van der Waals surface area contributed by atoms with E-state index >= 15 is 0 Å². The van der Waals surface area contributed by atoms with Crippen LogP contribution in [0.2, 0.25) is 0 Å². The maximum absolute atomic E-state index is 11.9. The van der Waals surface area contributed by atoms with Crippen LogP contribution in [0.4, 0.5) is 0 Å². The first-order valence-corrected chi connectivity index (χ1v) is 6.20. The van der Waals surface area contributed by atoms with E-state index in [0.717, 1.165) is 12.1 Å². The summed E-state index contributed by atoms with van der Waals surface area (Å²) >= 11 is 1.63. The zero-order valence-corrected chi connectivity index (χ0v) is 10.6. The monoisotopic (exact) mass is 250 g/mol. The van der Waals surface area contributed by atoms with Crippen molar-refractivity contribution in [3.63, 3.8) is 0 Å². The molecule has 0 fully saturated rings. The molecule has 0 aliphatic rings. The summed E-state index contributed by atoms with van der Waals surface area (Å²) in [6.45, 7) is 2.66. The molecule has 0 saturated carbocycles. The molecule has 2 aromatic rings. The summed E-state index contributed by atoms with van der Waals surface area (Å²) in [7, 11) is 1.78. The molecule has 0 spiro atoms. The van der Waals surface area contributed by atoms with E-state index in [1.807, 2.05) is 12.4 Å². The van der Waals surface area contributed by atoms with Crippen molar-refractivity contribution in [3.05, 3.63) is 34.3 Å². The Morgan fingerprint density at radius 2 is 2.35 bits per heavy atom. The first-order chi connectivity index (χ1) is 8.18. The molecule has 1 N–H and O–H groups in total. The number of amides is 1. The zero-order valence-electron chi connectivity index (χ0n) is 9.80. The molecule has 0 saturated heterocycles. The number of rotatable bonds is 4. The molecule has 90 valence electrons. The van der Waals surface area contributed by atoms with Crippen LogP contribution in [0.25, 0.3) is 0 Å². The first-order valence-electron chi connectivity index (χ1n) is 5.32. The quantitative estimate of drug-likeness (QED) is 0.894. The molecule has 2 rings (SSSR count). The van der Waals surface area contributed by atoms with Crippen molar-refractivity contribution in [2.75, 3.05) is 13.6 Å². The van der Waals surface area contributed by atoms with Crippen LogP contribution >= 0.6 is 11.3 Å². The average molecular weight is 250 g/mol. The third kappa shape index (κ3) is 2.71. The lowest BCUT2D eigenvalue weighted by atomic mass is 10.3. The molecule has 0 bridgehead atoms. The predicted molar refractivity (Wildman–Crippen MR) is 66.1 cm³/mol. The van der Waals surface area contributed by atoms with Crippen LogP contribution in [0.5, 0.6) is 0 Å². The molecule has 2 heterocycles. The first kappa shape index (κ1) is 11.8. The number of aromatic nitrogens is 3. The van der Waals surface area contributed by atoms with Gasteiger partial charge in [-0.15, -0.1) is 11.3 Å². The summed E-state index contributed by atoms with van der Waals surface area (Å²) in [4.78, 5) is 25.7. The van der Waals surface area contributed by atoms with Crippen LogP contribution in [0.1, 0.15) is 21.2 Å². The Bertz CT molecular complexity index is 491. The van der Waals surface area contributed by atoms with Crippen molar-refractivity contribution in [1.29, 1.82) is 0 Å². The van der Waals surface area contributed by atoms with E-state index in [2.05, 4.69) is 15.0 Å². The fourth-order valence-corrected chi connectivity index (χ4v) is 2.27. The SMILES string of the molecule is Cc1ncsc1CCN(C)C(=O)c1ncc[nH]1. The van der Waals surface area contributed by atoms with Gasteiger partial charge in [-0.2, -0.15) is 0 Å². The standard InChI is InChI=1S/C11H14N4OS/c1-8-9(17-7-14-8)3-6-15(2)11(16)10-12-4-5-13-10/h4-5,7H,3,6H2,1-2H3,(H,12,13). The summed E-state index contributed by atoms with van der Waals surface area (Å²) < 4.78 is 0. The minimum absolute atomic E-state index is 0.0860. The van der Waals surface area contributed by atoms with E-state index in [0.29, 0.717) is 12.4 Å². The molecule has 0 radical (unpaired) electrons. The Labute approximate surface area is 104 Å². The van der Waals surface area contributed by atoms with Crippen molar-refractivity contribution in [1.82, 2.24) is 19.9 Å². The number of carbonyl (C=O) groups is 1. The summed E-state index contributed by atoms with van der Waals surface area (Å²) in [5.74, 6) is 0.297. The smallest absolute Gasteiger partial charge is 0.289 e. The molecule has 1 amide bonds. The van der Waals surface area contributed by atoms with Crippen LogP contribution < -0.4 is 0 Å². The van der Waals surface area contributed by atoms with Gasteiger partial charge in [-0.25, -0.2) is 9.97 Å². The van der Waals surface area contributed by atoms with Gasteiger partial charge in [-0.3, -0.25) is 4.79 Å². The lowest BCUT2D eigenvalue weighted by Gasteiger charge is -2.15. The van der Waals surface area contributed by atoms with Crippen molar-refractivity contribution in [3.8, 4) is 0 Å². The summed E-state index contributed by atoms with van der Waals surface area (Å²) in [6, 6.07) is 0. The van der Waals surface area contributed by atoms with Gasteiger partial charge in [-0.05, 0) is 6.92 Å². The van der Waals surface area contributed by atoms with Crippen molar-refractivity contribution >= 4 is 17.2 Å². The second-order valence-corrected chi connectivity index (χ2v) is 4.71. The number of nitrogens with zero attached hydrogens (tertiary/aromatic N) is 3. The highest BCUT2D eigenvalue weighted by molar-refractivity contribution is 7.09. The van der Waals surface area contributed by atoms with Gasteiger partial charge in [0.05, 0.1) is 11.2 Å². The van der Waals surface area contributed by atoms with Crippen molar-refractivity contribution < 1.29 is 4.79 Å². The van der Waals surface area contributed by atoms with E-state index in [4.69, 9.17) is 0 Å². The number of H-pyrrole nitrogens is 1. The number of thiazole rings is 1. The van der Waals surface area contributed by atoms with E-state index in [1.165, 1.54) is 4.88 Å². The zero-order chi connectivity index (χ0) is 12.3. The number of nitrogens with one attached hydrogen (secondary N) is 1. The number of imidazole rings is 1. The van der Waals surface area contributed by atoms with Crippen LogP contribution in [0.3, 0.4) is 0 Å². The highest BCUT2D eigenvalue weighted by Gasteiger charge is 2.14. The van der Waals surface area contributed by atoms with E-state index < -0.39 is 0 Å². The van der Waals surface area contributed by atoms with Crippen LogP contribution in [-0.4, -0.2) is 39.4 Å². The van der Waals surface area contributed by atoms with Gasteiger partial charge in [0.1, 0.15) is 0 Å². The predicted octanol–water partition coefficient (Wildman–Crippen LogP) is 1.49. The highest BCUT2D eigenvalue weighted by atomic mass is 32.1. The van der Waals surface area contributed by atoms with Crippen molar-refractivity contribution in [2.45, 2.75) is 13.3 Å². The molecule has 0 aliphatic heterocycles. The Kier molecular flexibility index (Phi) is 3.53. The molecule has 0 aliphatic carbocycles. The van der Waals surface area contributed by atoms with Crippen LogP contribution in [0.15, 0.2) is 17.9 Å². The van der Waals surface area contributed by atoms with Gasteiger partial charge < -0.3 is 9.88 Å². The second kappa shape index (κ2) is 5.09. The van der Waals surface area contributed by atoms with Crippen LogP contribution in [-0.2, 0) is 6.42 Å². The van der Waals surface area contributed by atoms with Gasteiger partial charge in [0.15, 0.2) is 5.82 Å². The molecule has 0 aromatic carbocycles. The fourth-order valence-electron chi connectivity index (χ4n) is 1.50. The Balaban J connectivity index is 1.92. The van der Waals surface area contributed by atoms with E-state index in [1.54, 1.807) is 35.7 Å². The third-order valence-corrected chi connectivity index (χ3v) is 3.56. The van der Waals surface area contributed by atoms with E-state index in [-0.39, 0.29) is 5.91 Å². The second-order valence-electron chi connectivity index (χ2n) is 3.78. The average Bonchev–Trinajstić information content (AvgIpc) is 2.96. The number of aryl methyl sites for hydroxylation is 1. The third-order valence-electron chi connectivity index (χ3n) is 2.57. The molecular weight excluding hydrogens is 236 g/mol. The molecule has 2 aromatic heterocycles. The summed E-state index contributed by atoms with van der Waals surface area (Å²) in [5.41, 5.74) is 2.88. The summed E-state index contributed by atoms with van der Waals surface area (Å²) in [6.07, 6.45) is 4.06. The van der Waals surface area contributed by atoms with E-state index in [9.17, 15) is 4.79 Å². The number of carbonyl (C=O) groups excluding carboxylic acids is 1. The van der Waals surface area contributed by atoms with Crippen molar-refractivity contribution in [2.24, 2.45) is 0 Å². The van der Waals surface area contributed by atoms with Gasteiger partial charge in [-0.1, -0.05) is 0 Å². The van der Waals surface area contributed by atoms with Gasteiger partial charge in [0.25, 0.3) is 5.91 Å². The number of likely N-dealkylation sites (N-methyl/N-ethyl adjacent to an activating group) is 1. The van der Waals surface area contributed by atoms with Gasteiger partial charge in [0, 0.05) is 37.3 Å². The maximum atomic E-state index is 11.9. The topological polar surface area (TPSA) is 61.9 Å². The Morgan fingerprint density at radius 3 is 2.94 bits per heavy atom. The molecule has 0 unspecified atom stereocenters. The number of aromatic amines is 1. The summed E-state index contributed by atoms with van der Waals surface area (Å²) in [5, 5.41) is 0. The normalized spacial score (nSPS) is 10.5. The largest absolute Gasteiger partial charge is 0.341 e.